The van der Waals surface area contributed by atoms with E-state index in [4.69, 9.17) is 0 Å². The summed E-state index contributed by atoms with van der Waals surface area (Å²) in [6.45, 7) is 48.5. The van der Waals surface area contributed by atoms with E-state index in [2.05, 4.69) is 138 Å². The van der Waals surface area contributed by atoms with Crippen LogP contribution in [0.25, 0.3) is 0 Å². The number of rotatable bonds is 1. The largest absolute Gasteiger partial charge is 0.0625 e. The maximum atomic E-state index is 2.50. The Labute approximate surface area is 475 Å². The van der Waals surface area contributed by atoms with Gasteiger partial charge < -0.3 is 0 Å². The van der Waals surface area contributed by atoms with E-state index >= 15 is 0 Å². The van der Waals surface area contributed by atoms with Crippen LogP contribution in [-0.2, 0) is 0 Å². The lowest BCUT2D eigenvalue weighted by Crippen LogP contribution is -2.32. The molecule has 0 amide bonds. The lowest BCUT2D eigenvalue weighted by atomic mass is 9.65. The highest BCUT2D eigenvalue weighted by molar-refractivity contribution is 5.09. The number of hydrogen-bond acceptors (Lipinski definition) is 0. The summed E-state index contributed by atoms with van der Waals surface area (Å²) in [5.41, 5.74) is 3.25. The molecule has 12 aliphatic rings. The molecule has 12 fully saturated rings. The molecule has 0 heterocycles. The van der Waals surface area contributed by atoms with E-state index in [9.17, 15) is 0 Å². The van der Waals surface area contributed by atoms with E-state index in [1.54, 1.807) is 51.4 Å². The normalized spacial score (nSPS) is 43.4. The minimum absolute atomic E-state index is 0.622. The molecule has 442 valence electrons. The van der Waals surface area contributed by atoms with Crippen LogP contribution in [0.1, 0.15) is 344 Å². The van der Waals surface area contributed by atoms with Gasteiger partial charge in [0.2, 0.25) is 0 Å². The first-order valence-corrected chi connectivity index (χ1v) is 35.1. The number of fused-ring (bicyclic) bond motifs is 7. The van der Waals surface area contributed by atoms with Gasteiger partial charge in [-0.05, 0) is 236 Å². The van der Waals surface area contributed by atoms with Gasteiger partial charge in [0.05, 0.1) is 0 Å². The summed E-state index contributed by atoms with van der Waals surface area (Å²) < 4.78 is 0. The highest BCUT2D eigenvalue weighted by atomic mass is 14.6. The van der Waals surface area contributed by atoms with Gasteiger partial charge in [-0.2, -0.15) is 0 Å². The van der Waals surface area contributed by atoms with Crippen LogP contribution in [-0.4, -0.2) is 0 Å². The lowest BCUT2D eigenvalue weighted by Gasteiger charge is -2.40. The molecule has 0 radical (unpaired) electrons. The van der Waals surface area contributed by atoms with Crippen molar-refractivity contribution in [2.24, 2.45) is 134 Å². The zero-order valence-electron chi connectivity index (χ0n) is 55.5. The van der Waals surface area contributed by atoms with E-state index in [0.717, 1.165) is 107 Å². The van der Waals surface area contributed by atoms with Crippen LogP contribution in [0.5, 0.6) is 0 Å². The van der Waals surface area contributed by atoms with E-state index in [0.29, 0.717) is 27.1 Å². The molecule has 17 atom stereocenters. The molecule has 6 bridgehead atoms. The van der Waals surface area contributed by atoms with Gasteiger partial charge in [0.15, 0.2) is 0 Å². The van der Waals surface area contributed by atoms with E-state index in [-0.39, 0.29) is 0 Å². The predicted molar refractivity (Wildman–Crippen MR) is 336 cm³/mol. The van der Waals surface area contributed by atoms with Crippen molar-refractivity contribution in [2.45, 2.75) is 344 Å². The Morgan fingerprint density at radius 1 is 0.360 bits per heavy atom. The maximum Gasteiger partial charge on any atom is -0.0246 e. The molecule has 12 aliphatic carbocycles. The summed E-state index contributed by atoms with van der Waals surface area (Å²) >= 11 is 0. The van der Waals surface area contributed by atoms with E-state index in [1.807, 2.05) is 0 Å². The Hall–Kier alpha value is 0. The van der Waals surface area contributed by atoms with Gasteiger partial charge in [0, 0.05) is 0 Å². The van der Waals surface area contributed by atoms with Gasteiger partial charge in [0.25, 0.3) is 0 Å². The van der Waals surface area contributed by atoms with Crippen LogP contribution in [0.3, 0.4) is 0 Å². The van der Waals surface area contributed by atoms with Crippen LogP contribution in [0.2, 0.25) is 0 Å². The van der Waals surface area contributed by atoms with Gasteiger partial charge in [-0.25, -0.2) is 0 Å². The average Bonchev–Trinajstić information content (AvgIpc) is 4.22. The molecule has 0 aromatic carbocycles. The Balaban J connectivity index is 0.000000160. The zero-order valence-corrected chi connectivity index (χ0v) is 55.5. The third-order valence-corrected chi connectivity index (χ3v) is 26.6. The smallest absolute Gasteiger partial charge is 0.0246 e. The van der Waals surface area contributed by atoms with E-state index in [1.165, 1.54) is 154 Å². The summed E-state index contributed by atoms with van der Waals surface area (Å²) in [5, 5.41) is 0. The summed E-state index contributed by atoms with van der Waals surface area (Å²) in [6, 6.07) is 0. The SMILES string of the molecule is CC1CCC(C(C)C)C(C)C1.CC1CCCC1.CC1CCCCC1.CC1C[C@H](C)CC(C)(C)C1.C[C@@H]1CC2CCC1(C)C2(C)C.C[C@@H]1CCC2CCCCC2C1.C[C@H]1C2(C)CCC(C2)C1(C)C.C[C@H]1CC2CCC1C2. The molecule has 0 aromatic heterocycles. The average molecular weight is 1040 g/mol. The van der Waals surface area contributed by atoms with Crippen LogP contribution in [0.15, 0.2) is 0 Å². The highest BCUT2D eigenvalue weighted by Gasteiger charge is 2.59. The van der Waals surface area contributed by atoms with E-state index < -0.39 is 0 Å². The fourth-order valence-electron chi connectivity index (χ4n) is 20.8. The summed E-state index contributed by atoms with van der Waals surface area (Å²) in [7, 11) is 0. The molecule has 0 nitrogen and oxygen atoms in total. The first-order chi connectivity index (χ1) is 35.1. The lowest BCUT2D eigenvalue weighted by molar-refractivity contribution is 0.0903. The minimum atomic E-state index is 0.622. The molecule has 12 rings (SSSR count). The third kappa shape index (κ3) is 18.8. The first-order valence-electron chi connectivity index (χ1n) is 35.1. The van der Waals surface area contributed by atoms with Crippen LogP contribution in [0, 0.1) is 134 Å². The van der Waals surface area contributed by atoms with Crippen molar-refractivity contribution in [1.82, 2.24) is 0 Å². The Morgan fingerprint density at radius 2 is 0.880 bits per heavy atom. The predicted octanol–water partition coefficient (Wildman–Crippen LogP) is 25.0. The van der Waals surface area contributed by atoms with Crippen molar-refractivity contribution in [2.75, 3.05) is 0 Å². The monoisotopic (exact) mass is 1040 g/mol. The van der Waals surface area contributed by atoms with Gasteiger partial charge in [-0.3, -0.25) is 0 Å². The molecule has 75 heavy (non-hydrogen) atoms. The molecule has 0 aliphatic heterocycles. The molecule has 0 spiro atoms. The van der Waals surface area contributed by atoms with Crippen LogP contribution < -0.4 is 0 Å². The fraction of sp³-hybridized carbons (Fsp3) is 1.00. The highest BCUT2D eigenvalue weighted by Crippen LogP contribution is 2.68. The summed E-state index contributed by atoms with van der Waals surface area (Å²) in [5.74, 6) is 18.5. The van der Waals surface area contributed by atoms with Gasteiger partial charge in [0.1, 0.15) is 0 Å². The third-order valence-electron chi connectivity index (χ3n) is 26.6. The fourth-order valence-corrected chi connectivity index (χ4v) is 20.8. The molecule has 0 aromatic rings. The maximum absolute atomic E-state index is 2.50. The Bertz CT molecular complexity index is 1550. The molecule has 12 unspecified atom stereocenters. The van der Waals surface area contributed by atoms with Crippen molar-refractivity contribution in [1.29, 1.82) is 0 Å². The summed E-state index contributed by atoms with van der Waals surface area (Å²) in [6.07, 6.45) is 48.0. The van der Waals surface area contributed by atoms with Crippen LogP contribution >= 0.6 is 0 Å². The topological polar surface area (TPSA) is 0 Å². The molecule has 12 saturated carbocycles. The quantitative estimate of drug-likeness (QED) is 0.246. The van der Waals surface area contributed by atoms with Crippen molar-refractivity contribution in [3.63, 3.8) is 0 Å². The van der Waals surface area contributed by atoms with Crippen molar-refractivity contribution in [3.05, 3.63) is 0 Å². The van der Waals surface area contributed by atoms with Crippen molar-refractivity contribution >= 4 is 0 Å². The molecular weight excluding hydrogens is 901 g/mol. The molecule has 0 N–H and O–H groups in total. The number of hydrogen-bond donors (Lipinski definition) is 0. The van der Waals surface area contributed by atoms with Gasteiger partial charge in [-0.15, -0.1) is 0 Å². The van der Waals surface area contributed by atoms with Crippen molar-refractivity contribution in [3.8, 4) is 0 Å². The minimum Gasteiger partial charge on any atom is -0.0625 e. The summed E-state index contributed by atoms with van der Waals surface area (Å²) in [4.78, 5) is 0. The second kappa shape index (κ2) is 29.3. The second-order valence-electron chi connectivity index (χ2n) is 34.5. The van der Waals surface area contributed by atoms with Crippen LogP contribution in [0.4, 0.5) is 0 Å². The first kappa shape index (κ1) is 65.8. The van der Waals surface area contributed by atoms with Gasteiger partial charge >= 0.3 is 0 Å². The molecule has 0 heteroatoms. The molecular formula is C75H142. The standard InChI is InChI=1S/3C11H20.C11H22.C10H20.C8H14.C7H14.C6H12/c1-8-10(2,3)9-5-6-11(8,4)7-9;1-8-7-9-5-6-11(8,4)10(9,2)3;1-9-6-7-10-4-2-3-5-11(10)8-9;1-8(2)11-6-5-9(3)7-10(11)4;1-8-5-9(2)7-10(3,4)6-8;1-6-4-7-2-3-8(6)5-7;1-7-5-3-2-4-6-7;1-6-4-2-3-5-6/h2*8-9H,5-7H2,1-4H3;9-11H,2-8H2,1H3;8-11H,5-7H2,1-4H3;8-9H,5-7H2,1-4H3;6-8H,2-5H2,1H3;7H,2-6H2,1H3;6H,2-5H2,1H3/t2*8-,9?,11?;9-,10?,11?;;8-,9?;6-,7?,8?;;/m111.00../s1. The second-order valence-corrected chi connectivity index (χ2v) is 34.5. The Morgan fingerprint density at radius 3 is 1.23 bits per heavy atom. The van der Waals surface area contributed by atoms with Gasteiger partial charge in [-0.1, -0.05) is 241 Å². The Kier molecular flexibility index (Phi) is 25.7. The molecule has 0 saturated heterocycles. The zero-order chi connectivity index (χ0) is 55.5. The van der Waals surface area contributed by atoms with Crippen molar-refractivity contribution < 1.29 is 0 Å².